The highest BCUT2D eigenvalue weighted by Crippen LogP contribution is 2.31. The summed E-state index contributed by atoms with van der Waals surface area (Å²) in [5, 5.41) is 2.07. The van der Waals surface area contributed by atoms with Crippen LogP contribution in [0.2, 0.25) is 0 Å². The Hall–Kier alpha value is -1.60. The molecule has 1 heterocycles. The van der Waals surface area contributed by atoms with Crippen LogP contribution in [0, 0.1) is 20.8 Å². The summed E-state index contributed by atoms with van der Waals surface area (Å²) in [6, 6.07) is 1.62. The van der Waals surface area contributed by atoms with Crippen molar-refractivity contribution in [1.29, 1.82) is 0 Å². The Morgan fingerprint density at radius 3 is 2.50 bits per heavy atom. The van der Waals surface area contributed by atoms with Gasteiger partial charge in [-0.3, -0.25) is 4.72 Å². The first-order valence-electron chi connectivity index (χ1n) is 5.94. The molecule has 0 unspecified atom stereocenters. The van der Waals surface area contributed by atoms with Gasteiger partial charge in [0.15, 0.2) is 5.13 Å². The minimum atomic E-state index is -3.64. The van der Waals surface area contributed by atoms with E-state index in [1.165, 1.54) is 11.3 Å². The van der Waals surface area contributed by atoms with Crippen LogP contribution in [-0.2, 0) is 10.0 Å². The van der Waals surface area contributed by atoms with Crippen LogP contribution in [0.25, 0.3) is 0 Å². The number of aryl methyl sites for hydroxylation is 1. The Morgan fingerprint density at radius 1 is 1.25 bits per heavy atom. The molecule has 2 aromatic rings. The average Bonchev–Trinajstić information content (AvgIpc) is 2.86. The third-order valence-electron chi connectivity index (χ3n) is 3.13. The third kappa shape index (κ3) is 2.64. The van der Waals surface area contributed by atoms with Crippen molar-refractivity contribution in [1.82, 2.24) is 4.98 Å². The molecule has 0 aliphatic rings. The highest BCUT2D eigenvalue weighted by molar-refractivity contribution is 7.93. The van der Waals surface area contributed by atoms with Crippen molar-refractivity contribution in [3.05, 3.63) is 34.3 Å². The molecule has 1 aromatic heterocycles. The lowest BCUT2D eigenvalue weighted by molar-refractivity contribution is 0.407. The van der Waals surface area contributed by atoms with Crippen LogP contribution >= 0.6 is 11.3 Å². The second-order valence-electron chi connectivity index (χ2n) is 4.42. The zero-order valence-corrected chi connectivity index (χ0v) is 13.4. The smallest absolute Gasteiger partial charge is 0.263 e. The van der Waals surface area contributed by atoms with Crippen molar-refractivity contribution in [2.24, 2.45) is 0 Å². The number of aromatic nitrogens is 1. The van der Waals surface area contributed by atoms with Crippen molar-refractivity contribution in [2.45, 2.75) is 25.7 Å². The molecule has 0 aliphatic heterocycles. The standard InChI is InChI=1S/C13H16N2O3S2/c1-8-7-11(9(2)10(3)12(8)18-4)20(16,17)15-13-14-5-6-19-13/h5-7H,1-4H3,(H,14,15). The average molecular weight is 312 g/mol. The quantitative estimate of drug-likeness (QED) is 0.942. The highest BCUT2D eigenvalue weighted by Gasteiger charge is 2.22. The van der Waals surface area contributed by atoms with Gasteiger partial charge in [-0.2, -0.15) is 0 Å². The largest absolute Gasteiger partial charge is 0.496 e. The molecule has 7 heteroatoms. The normalized spacial score (nSPS) is 11.4. The monoisotopic (exact) mass is 312 g/mol. The van der Waals surface area contributed by atoms with E-state index >= 15 is 0 Å². The number of methoxy groups -OCH3 is 1. The van der Waals surface area contributed by atoms with E-state index in [4.69, 9.17) is 4.74 Å². The summed E-state index contributed by atoms with van der Waals surface area (Å²) in [6.07, 6.45) is 1.56. The van der Waals surface area contributed by atoms with Gasteiger partial charge in [0.05, 0.1) is 12.0 Å². The SMILES string of the molecule is COc1c(C)cc(S(=O)(=O)Nc2nccs2)c(C)c1C. The van der Waals surface area contributed by atoms with Crippen LogP contribution in [0.3, 0.4) is 0 Å². The predicted octanol–water partition coefficient (Wildman–Crippen LogP) is 2.88. The Balaban J connectivity index is 2.52. The number of nitrogens with zero attached hydrogens (tertiary/aromatic N) is 1. The molecular weight excluding hydrogens is 296 g/mol. The molecule has 0 atom stereocenters. The third-order valence-corrected chi connectivity index (χ3v) is 5.41. The van der Waals surface area contributed by atoms with Gasteiger partial charge in [-0.1, -0.05) is 0 Å². The van der Waals surface area contributed by atoms with E-state index in [1.807, 2.05) is 13.8 Å². The molecule has 1 aromatic carbocycles. The molecule has 5 nitrogen and oxygen atoms in total. The van der Waals surface area contributed by atoms with E-state index < -0.39 is 10.0 Å². The van der Waals surface area contributed by atoms with Crippen molar-refractivity contribution >= 4 is 26.5 Å². The number of sulfonamides is 1. The maximum atomic E-state index is 12.4. The summed E-state index contributed by atoms with van der Waals surface area (Å²) >= 11 is 1.24. The van der Waals surface area contributed by atoms with E-state index in [-0.39, 0.29) is 4.90 Å². The zero-order chi connectivity index (χ0) is 14.9. The molecule has 2 rings (SSSR count). The maximum absolute atomic E-state index is 12.4. The van der Waals surface area contributed by atoms with Crippen LogP contribution in [0.15, 0.2) is 22.5 Å². The van der Waals surface area contributed by atoms with Gasteiger partial charge in [-0.25, -0.2) is 13.4 Å². The fourth-order valence-electron chi connectivity index (χ4n) is 2.06. The van der Waals surface area contributed by atoms with Gasteiger partial charge in [0.1, 0.15) is 5.75 Å². The van der Waals surface area contributed by atoms with Crippen LogP contribution < -0.4 is 9.46 Å². The van der Waals surface area contributed by atoms with Gasteiger partial charge in [0.25, 0.3) is 10.0 Å². The molecule has 0 saturated heterocycles. The fraction of sp³-hybridized carbons (Fsp3) is 0.308. The number of thiazole rings is 1. The van der Waals surface area contributed by atoms with Gasteiger partial charge >= 0.3 is 0 Å². The summed E-state index contributed by atoms with van der Waals surface area (Å²) in [7, 11) is -2.06. The second kappa shape index (κ2) is 5.41. The zero-order valence-electron chi connectivity index (χ0n) is 11.7. The first kappa shape index (κ1) is 14.8. The number of ether oxygens (including phenoxy) is 1. The van der Waals surface area contributed by atoms with E-state index in [2.05, 4.69) is 9.71 Å². The van der Waals surface area contributed by atoms with E-state index in [0.29, 0.717) is 10.7 Å². The number of rotatable bonds is 4. The van der Waals surface area contributed by atoms with Crippen LogP contribution in [0.1, 0.15) is 16.7 Å². The minimum absolute atomic E-state index is 0.253. The Morgan fingerprint density at radius 2 is 1.95 bits per heavy atom. The van der Waals surface area contributed by atoms with Crippen molar-refractivity contribution in [2.75, 3.05) is 11.8 Å². The Kier molecular flexibility index (Phi) is 4.01. The topological polar surface area (TPSA) is 68.3 Å². The lowest BCUT2D eigenvalue weighted by Crippen LogP contribution is -2.15. The second-order valence-corrected chi connectivity index (χ2v) is 6.96. The van der Waals surface area contributed by atoms with Crippen LogP contribution in [0.4, 0.5) is 5.13 Å². The first-order valence-corrected chi connectivity index (χ1v) is 8.30. The van der Waals surface area contributed by atoms with Gasteiger partial charge in [0, 0.05) is 11.6 Å². The van der Waals surface area contributed by atoms with Gasteiger partial charge in [-0.15, -0.1) is 11.3 Å². The molecule has 1 N–H and O–H groups in total. The van der Waals surface area contributed by atoms with E-state index in [1.54, 1.807) is 31.7 Å². The summed E-state index contributed by atoms with van der Waals surface area (Å²) in [5.74, 6) is 0.718. The van der Waals surface area contributed by atoms with Gasteiger partial charge in [-0.05, 0) is 43.5 Å². The number of nitrogens with one attached hydrogen (secondary N) is 1. The Labute approximate surface area is 122 Å². The number of benzene rings is 1. The van der Waals surface area contributed by atoms with E-state index in [0.717, 1.165) is 16.9 Å². The molecule has 20 heavy (non-hydrogen) atoms. The van der Waals surface area contributed by atoms with Crippen molar-refractivity contribution < 1.29 is 13.2 Å². The van der Waals surface area contributed by atoms with Gasteiger partial charge < -0.3 is 4.74 Å². The van der Waals surface area contributed by atoms with Crippen LogP contribution in [-0.4, -0.2) is 20.5 Å². The summed E-state index contributed by atoms with van der Waals surface area (Å²) in [6.45, 7) is 5.45. The fourth-order valence-corrected chi connectivity index (χ4v) is 4.23. The lowest BCUT2D eigenvalue weighted by atomic mass is 10.1. The molecule has 0 bridgehead atoms. The molecule has 108 valence electrons. The lowest BCUT2D eigenvalue weighted by Gasteiger charge is -2.15. The Bertz CT molecular complexity index is 723. The molecule has 0 amide bonds. The summed E-state index contributed by atoms with van der Waals surface area (Å²) < 4.78 is 32.7. The molecule has 0 saturated carbocycles. The summed E-state index contributed by atoms with van der Waals surface area (Å²) in [4.78, 5) is 4.19. The number of anilines is 1. The molecule has 0 radical (unpaired) electrons. The van der Waals surface area contributed by atoms with Crippen LogP contribution in [0.5, 0.6) is 5.75 Å². The predicted molar refractivity (Wildman–Crippen MR) is 80.1 cm³/mol. The van der Waals surface area contributed by atoms with Gasteiger partial charge in [0.2, 0.25) is 0 Å². The van der Waals surface area contributed by atoms with Crippen molar-refractivity contribution in [3.8, 4) is 5.75 Å². The summed E-state index contributed by atoms with van der Waals surface area (Å²) in [5.41, 5.74) is 2.29. The van der Waals surface area contributed by atoms with E-state index in [9.17, 15) is 8.42 Å². The minimum Gasteiger partial charge on any atom is -0.496 e. The molecule has 0 aliphatic carbocycles. The molecule has 0 spiro atoms. The van der Waals surface area contributed by atoms with Crippen molar-refractivity contribution in [3.63, 3.8) is 0 Å². The molecule has 0 fully saturated rings. The highest BCUT2D eigenvalue weighted by atomic mass is 32.2. The number of hydrogen-bond donors (Lipinski definition) is 1. The first-order chi connectivity index (χ1) is 9.36. The maximum Gasteiger partial charge on any atom is 0.263 e. The number of hydrogen-bond acceptors (Lipinski definition) is 5. The molecular formula is C13H16N2O3S2.